The second kappa shape index (κ2) is 8.38. The topological polar surface area (TPSA) is 110 Å². The fourth-order valence-electron chi connectivity index (χ4n) is 3.00. The summed E-state index contributed by atoms with van der Waals surface area (Å²) in [6, 6.07) is 23.3. The van der Waals surface area contributed by atoms with Crippen LogP contribution in [0.1, 0.15) is 5.56 Å². The highest BCUT2D eigenvalue weighted by molar-refractivity contribution is 7.92. The molecule has 8 heteroatoms. The summed E-state index contributed by atoms with van der Waals surface area (Å²) in [5.74, 6) is 0.530. The third kappa shape index (κ3) is 4.49. The lowest BCUT2D eigenvalue weighted by molar-refractivity contribution is 0.601. The molecule has 7 nitrogen and oxygen atoms in total. The monoisotopic (exact) mass is 419 g/mol. The zero-order valence-corrected chi connectivity index (χ0v) is 16.9. The van der Waals surface area contributed by atoms with Crippen LogP contribution in [0, 0.1) is 0 Å². The minimum Gasteiger partial charge on any atom is -0.399 e. The van der Waals surface area contributed by atoms with Crippen molar-refractivity contribution >= 4 is 38.4 Å². The number of nitrogen functional groups attached to an aromatic ring is 1. The van der Waals surface area contributed by atoms with Gasteiger partial charge in [-0.15, -0.1) is 0 Å². The van der Waals surface area contributed by atoms with Crippen LogP contribution >= 0.6 is 0 Å². The largest absolute Gasteiger partial charge is 0.399 e. The molecule has 0 radical (unpaired) electrons. The van der Waals surface area contributed by atoms with Gasteiger partial charge in [0.2, 0.25) is 0 Å². The first-order valence-electron chi connectivity index (χ1n) is 9.44. The molecule has 0 aliphatic carbocycles. The molecule has 4 aromatic rings. The Balaban J connectivity index is 1.63. The summed E-state index contributed by atoms with van der Waals surface area (Å²) in [6.07, 6.45) is 0.763. The van der Waals surface area contributed by atoms with Gasteiger partial charge in [-0.1, -0.05) is 42.5 Å². The molecule has 30 heavy (non-hydrogen) atoms. The number of para-hydroxylation sites is 2. The zero-order valence-electron chi connectivity index (χ0n) is 16.1. The predicted octanol–water partition coefficient (Wildman–Crippen LogP) is 3.67. The predicted molar refractivity (Wildman–Crippen MR) is 120 cm³/mol. The van der Waals surface area contributed by atoms with Crippen molar-refractivity contribution in [3.8, 4) is 0 Å². The molecule has 0 bridgehead atoms. The number of anilines is 3. The molecule has 0 saturated heterocycles. The van der Waals surface area contributed by atoms with Gasteiger partial charge in [0, 0.05) is 12.2 Å². The highest BCUT2D eigenvalue weighted by atomic mass is 32.2. The number of benzene rings is 3. The van der Waals surface area contributed by atoms with Gasteiger partial charge in [-0.2, -0.15) is 0 Å². The van der Waals surface area contributed by atoms with Crippen LogP contribution in [0.3, 0.4) is 0 Å². The molecule has 1 heterocycles. The van der Waals surface area contributed by atoms with Crippen molar-refractivity contribution < 1.29 is 8.42 Å². The SMILES string of the molecule is Nc1ccc(S(=O)(=O)Nc2nc3ccccc3nc2NCCc2ccccc2)cc1. The lowest BCUT2D eigenvalue weighted by Gasteiger charge is -2.14. The number of nitrogens with one attached hydrogen (secondary N) is 2. The normalized spacial score (nSPS) is 11.3. The van der Waals surface area contributed by atoms with Gasteiger partial charge in [0.25, 0.3) is 10.0 Å². The van der Waals surface area contributed by atoms with Crippen molar-refractivity contribution in [2.45, 2.75) is 11.3 Å². The standard InChI is InChI=1S/C22H21N5O2S/c23-17-10-12-18(13-11-17)30(28,29)27-22-21(24-15-14-16-6-2-1-3-7-16)25-19-8-4-5-9-20(19)26-22/h1-13H,14-15,23H2,(H,24,25)(H,26,27). The van der Waals surface area contributed by atoms with E-state index >= 15 is 0 Å². The maximum absolute atomic E-state index is 12.8. The molecule has 0 amide bonds. The van der Waals surface area contributed by atoms with E-state index in [1.165, 1.54) is 17.7 Å². The van der Waals surface area contributed by atoms with Crippen LogP contribution in [0.2, 0.25) is 0 Å². The maximum Gasteiger partial charge on any atom is 0.263 e. The van der Waals surface area contributed by atoms with Gasteiger partial charge in [-0.05, 0) is 48.4 Å². The fourth-order valence-corrected chi connectivity index (χ4v) is 4.01. The Hall–Kier alpha value is -3.65. The van der Waals surface area contributed by atoms with E-state index < -0.39 is 10.0 Å². The number of rotatable bonds is 7. The summed E-state index contributed by atoms with van der Waals surface area (Å²) < 4.78 is 28.3. The molecule has 1 aromatic heterocycles. The summed E-state index contributed by atoms with van der Waals surface area (Å²) in [7, 11) is -3.85. The molecule has 3 aromatic carbocycles. The second-order valence-corrected chi connectivity index (χ2v) is 8.43. The van der Waals surface area contributed by atoms with Crippen LogP contribution in [-0.4, -0.2) is 24.9 Å². The first-order chi connectivity index (χ1) is 14.5. The van der Waals surface area contributed by atoms with Crippen molar-refractivity contribution in [3.05, 3.63) is 84.4 Å². The van der Waals surface area contributed by atoms with Crippen molar-refractivity contribution in [1.82, 2.24) is 9.97 Å². The summed E-state index contributed by atoms with van der Waals surface area (Å²) in [4.78, 5) is 9.17. The number of fused-ring (bicyclic) bond motifs is 1. The number of nitrogens with two attached hydrogens (primary N) is 1. The second-order valence-electron chi connectivity index (χ2n) is 6.75. The van der Waals surface area contributed by atoms with Crippen molar-refractivity contribution in [2.24, 2.45) is 0 Å². The number of aromatic nitrogens is 2. The molecule has 0 unspecified atom stereocenters. The van der Waals surface area contributed by atoms with Crippen LogP contribution in [0.5, 0.6) is 0 Å². The molecule has 152 valence electrons. The lowest BCUT2D eigenvalue weighted by Crippen LogP contribution is -2.17. The van der Waals surface area contributed by atoms with E-state index in [0.717, 1.165) is 6.42 Å². The van der Waals surface area contributed by atoms with Crippen LogP contribution < -0.4 is 15.8 Å². The van der Waals surface area contributed by atoms with Gasteiger partial charge in [-0.25, -0.2) is 18.4 Å². The van der Waals surface area contributed by atoms with Gasteiger partial charge in [-0.3, -0.25) is 4.72 Å². The molecule has 0 saturated carbocycles. The third-order valence-corrected chi connectivity index (χ3v) is 5.90. The van der Waals surface area contributed by atoms with E-state index in [9.17, 15) is 8.42 Å². The van der Waals surface area contributed by atoms with Gasteiger partial charge >= 0.3 is 0 Å². The number of nitrogens with zero attached hydrogens (tertiary/aromatic N) is 2. The highest BCUT2D eigenvalue weighted by Crippen LogP contribution is 2.24. The summed E-state index contributed by atoms with van der Waals surface area (Å²) in [5, 5.41) is 3.22. The molecule has 0 atom stereocenters. The Labute approximate surface area is 175 Å². The lowest BCUT2D eigenvalue weighted by atomic mass is 10.1. The van der Waals surface area contributed by atoms with Crippen LogP contribution in [0.25, 0.3) is 11.0 Å². The third-order valence-electron chi connectivity index (χ3n) is 4.54. The van der Waals surface area contributed by atoms with Crippen LogP contribution in [-0.2, 0) is 16.4 Å². The average molecular weight is 420 g/mol. The molecule has 0 spiro atoms. The van der Waals surface area contributed by atoms with Crippen molar-refractivity contribution in [1.29, 1.82) is 0 Å². The van der Waals surface area contributed by atoms with E-state index in [4.69, 9.17) is 5.73 Å². The van der Waals surface area contributed by atoms with Gasteiger partial charge in [0.05, 0.1) is 15.9 Å². The summed E-state index contributed by atoms with van der Waals surface area (Å²) in [5.41, 5.74) is 8.60. The van der Waals surface area contributed by atoms with E-state index in [0.29, 0.717) is 29.1 Å². The fraction of sp³-hybridized carbons (Fsp3) is 0.0909. The first kappa shape index (κ1) is 19.7. The molecule has 0 fully saturated rings. The highest BCUT2D eigenvalue weighted by Gasteiger charge is 2.18. The maximum atomic E-state index is 12.8. The van der Waals surface area contributed by atoms with Gasteiger partial charge in [0.1, 0.15) is 0 Å². The Morgan fingerprint density at radius 1 is 0.767 bits per heavy atom. The van der Waals surface area contributed by atoms with Crippen LogP contribution in [0.4, 0.5) is 17.3 Å². The van der Waals surface area contributed by atoms with E-state index in [1.807, 2.05) is 48.5 Å². The van der Waals surface area contributed by atoms with Crippen molar-refractivity contribution in [3.63, 3.8) is 0 Å². The van der Waals surface area contributed by atoms with Gasteiger partial charge in [0.15, 0.2) is 11.6 Å². The zero-order chi connectivity index (χ0) is 21.0. The number of hydrogen-bond acceptors (Lipinski definition) is 6. The molecular formula is C22H21N5O2S. The van der Waals surface area contributed by atoms with E-state index in [2.05, 4.69) is 20.0 Å². The van der Waals surface area contributed by atoms with Crippen LogP contribution in [0.15, 0.2) is 83.8 Å². The Bertz CT molecular complexity index is 1260. The minimum absolute atomic E-state index is 0.0990. The van der Waals surface area contributed by atoms with Crippen molar-refractivity contribution in [2.75, 3.05) is 22.3 Å². The summed E-state index contributed by atoms with van der Waals surface area (Å²) in [6.45, 7) is 0.577. The Kier molecular flexibility index (Phi) is 5.49. The number of hydrogen-bond donors (Lipinski definition) is 3. The molecule has 0 aliphatic rings. The Morgan fingerprint density at radius 2 is 1.37 bits per heavy atom. The quantitative estimate of drug-likeness (QED) is 0.394. The molecule has 0 aliphatic heterocycles. The molecular weight excluding hydrogens is 398 g/mol. The molecule has 4 rings (SSSR count). The Morgan fingerprint density at radius 3 is 2.03 bits per heavy atom. The molecule has 4 N–H and O–H groups in total. The van der Waals surface area contributed by atoms with Gasteiger partial charge < -0.3 is 11.1 Å². The summed E-state index contributed by atoms with van der Waals surface area (Å²) >= 11 is 0. The average Bonchev–Trinajstić information content (AvgIpc) is 2.75. The first-order valence-corrected chi connectivity index (χ1v) is 10.9. The minimum atomic E-state index is -3.85. The smallest absolute Gasteiger partial charge is 0.263 e. The number of sulfonamides is 1. The van der Waals surface area contributed by atoms with E-state index in [1.54, 1.807) is 18.2 Å². The van der Waals surface area contributed by atoms with E-state index in [-0.39, 0.29) is 10.7 Å².